The second kappa shape index (κ2) is 6.84. The summed E-state index contributed by atoms with van der Waals surface area (Å²) in [5, 5.41) is 20.5. The summed E-state index contributed by atoms with van der Waals surface area (Å²) in [6.07, 6.45) is -0.873. The van der Waals surface area contributed by atoms with E-state index in [0.717, 1.165) is 6.07 Å². The lowest BCUT2D eigenvalue weighted by atomic mass is 10.2. The van der Waals surface area contributed by atoms with Crippen LogP contribution in [-0.4, -0.2) is 34.2 Å². The molecule has 0 radical (unpaired) electrons. The Morgan fingerprint density at radius 3 is 2.33 bits per heavy atom. The second-order valence-corrected chi connectivity index (χ2v) is 4.24. The van der Waals surface area contributed by atoms with Crippen LogP contribution in [0.15, 0.2) is 12.1 Å². The van der Waals surface area contributed by atoms with Crippen molar-refractivity contribution >= 4 is 35.3 Å². The lowest BCUT2D eigenvalue weighted by Crippen LogP contribution is -2.44. The van der Waals surface area contributed by atoms with Gasteiger partial charge in [-0.2, -0.15) is 0 Å². The van der Waals surface area contributed by atoms with Gasteiger partial charge in [-0.1, -0.05) is 11.6 Å². The zero-order valence-electron chi connectivity index (χ0n) is 10.2. The molecule has 4 N–H and O–H groups in total. The predicted octanol–water partition coefficient (Wildman–Crippen LogP) is 1.67. The number of carboxylic acid groups (broad SMARTS) is 2. The van der Waals surface area contributed by atoms with Crippen molar-refractivity contribution in [1.82, 2.24) is 5.32 Å². The molecule has 1 rings (SSSR count). The number of halogens is 3. The maximum absolute atomic E-state index is 13.4. The molecule has 114 valence electrons. The summed E-state index contributed by atoms with van der Waals surface area (Å²) < 4.78 is 26.2. The van der Waals surface area contributed by atoms with Crippen molar-refractivity contribution in [1.29, 1.82) is 0 Å². The minimum atomic E-state index is -1.72. The number of rotatable bonds is 5. The first-order valence-corrected chi connectivity index (χ1v) is 5.75. The Bertz CT molecular complexity index is 573. The fraction of sp³-hybridized carbons (Fsp3) is 0.182. The fourth-order valence-electron chi connectivity index (χ4n) is 1.34. The first-order valence-electron chi connectivity index (χ1n) is 5.37. The smallest absolute Gasteiger partial charge is 0.326 e. The summed E-state index contributed by atoms with van der Waals surface area (Å²) in [5.74, 6) is -5.16. The average Bonchev–Trinajstić information content (AvgIpc) is 2.32. The van der Waals surface area contributed by atoms with Gasteiger partial charge in [-0.05, 0) is 6.07 Å². The van der Waals surface area contributed by atoms with Crippen molar-refractivity contribution in [2.75, 3.05) is 5.32 Å². The Balaban J connectivity index is 2.82. The van der Waals surface area contributed by atoms with Crippen molar-refractivity contribution in [2.24, 2.45) is 0 Å². The zero-order valence-corrected chi connectivity index (χ0v) is 10.9. The minimum absolute atomic E-state index is 0.437. The molecule has 0 aliphatic carbocycles. The highest BCUT2D eigenvalue weighted by Gasteiger charge is 2.24. The molecule has 0 bridgehead atoms. The third kappa shape index (κ3) is 4.88. The number of benzene rings is 1. The van der Waals surface area contributed by atoms with Gasteiger partial charge in [0.05, 0.1) is 17.1 Å². The molecule has 1 aromatic carbocycles. The van der Waals surface area contributed by atoms with Crippen LogP contribution in [0.25, 0.3) is 0 Å². The molecule has 0 heterocycles. The number of urea groups is 1. The van der Waals surface area contributed by atoms with E-state index in [9.17, 15) is 23.2 Å². The van der Waals surface area contributed by atoms with Crippen LogP contribution in [-0.2, 0) is 9.59 Å². The number of hydrogen-bond donors (Lipinski definition) is 4. The Morgan fingerprint density at radius 1 is 1.24 bits per heavy atom. The van der Waals surface area contributed by atoms with Crippen LogP contribution in [0.2, 0.25) is 5.02 Å². The number of carbonyl (C=O) groups is 3. The van der Waals surface area contributed by atoms with Crippen LogP contribution in [0.5, 0.6) is 0 Å². The first-order chi connectivity index (χ1) is 9.70. The zero-order chi connectivity index (χ0) is 16.2. The van der Waals surface area contributed by atoms with E-state index in [0.29, 0.717) is 6.07 Å². The molecule has 0 saturated heterocycles. The van der Waals surface area contributed by atoms with Crippen LogP contribution in [0, 0.1) is 11.6 Å². The van der Waals surface area contributed by atoms with Gasteiger partial charge in [0.1, 0.15) is 11.9 Å². The molecule has 0 aliphatic rings. The van der Waals surface area contributed by atoms with Crippen molar-refractivity contribution in [3.8, 4) is 0 Å². The van der Waals surface area contributed by atoms with E-state index in [4.69, 9.17) is 21.8 Å². The van der Waals surface area contributed by atoms with Crippen molar-refractivity contribution in [3.63, 3.8) is 0 Å². The van der Waals surface area contributed by atoms with E-state index in [2.05, 4.69) is 0 Å². The maximum Gasteiger partial charge on any atom is 0.326 e. The molecular weight excluding hydrogens is 314 g/mol. The highest BCUT2D eigenvalue weighted by Crippen LogP contribution is 2.26. The predicted molar refractivity (Wildman–Crippen MR) is 67.2 cm³/mol. The van der Waals surface area contributed by atoms with Gasteiger partial charge >= 0.3 is 18.0 Å². The molecule has 10 heteroatoms. The topological polar surface area (TPSA) is 116 Å². The van der Waals surface area contributed by atoms with Gasteiger partial charge in [-0.3, -0.25) is 4.79 Å². The average molecular weight is 323 g/mol. The lowest BCUT2D eigenvalue weighted by molar-refractivity contribution is -0.145. The van der Waals surface area contributed by atoms with Gasteiger partial charge in [0.2, 0.25) is 0 Å². The second-order valence-electron chi connectivity index (χ2n) is 3.83. The summed E-state index contributed by atoms with van der Waals surface area (Å²) in [6, 6.07) is -1.71. The van der Waals surface area contributed by atoms with Gasteiger partial charge in [-0.25, -0.2) is 18.4 Å². The van der Waals surface area contributed by atoms with E-state index in [1.54, 1.807) is 0 Å². The molecule has 0 spiro atoms. The van der Waals surface area contributed by atoms with E-state index in [1.807, 2.05) is 10.6 Å². The van der Waals surface area contributed by atoms with Crippen LogP contribution in [0.4, 0.5) is 19.3 Å². The standard InChI is InChI=1S/C11H9ClF2N2O5/c12-5-1-4(13)2-6(14)9(5)16-11(21)15-7(10(19)20)3-8(17)18/h1-2,7H,3H2,(H,17,18)(H,19,20)(H2,15,16,21). The van der Waals surface area contributed by atoms with Gasteiger partial charge in [0.25, 0.3) is 0 Å². The van der Waals surface area contributed by atoms with Gasteiger partial charge < -0.3 is 20.8 Å². The maximum atomic E-state index is 13.4. The van der Waals surface area contributed by atoms with Crippen LogP contribution < -0.4 is 10.6 Å². The highest BCUT2D eigenvalue weighted by molar-refractivity contribution is 6.33. The number of hydrogen-bond acceptors (Lipinski definition) is 3. The largest absolute Gasteiger partial charge is 0.481 e. The fourth-order valence-corrected chi connectivity index (χ4v) is 1.59. The highest BCUT2D eigenvalue weighted by atomic mass is 35.5. The Morgan fingerprint density at radius 2 is 1.86 bits per heavy atom. The number of aliphatic carboxylic acids is 2. The summed E-state index contributed by atoms with van der Waals surface area (Å²) in [5.41, 5.74) is -0.560. The number of carboxylic acids is 2. The first kappa shape index (κ1) is 16.6. The molecule has 1 atom stereocenters. The van der Waals surface area contributed by atoms with Crippen LogP contribution >= 0.6 is 11.6 Å². The molecule has 0 fully saturated rings. The van der Waals surface area contributed by atoms with Gasteiger partial charge in [-0.15, -0.1) is 0 Å². The van der Waals surface area contributed by atoms with Gasteiger partial charge in [0.15, 0.2) is 5.82 Å². The Kier molecular flexibility index (Phi) is 5.42. The summed E-state index contributed by atoms with van der Waals surface area (Å²) in [4.78, 5) is 32.7. The van der Waals surface area contributed by atoms with Crippen molar-refractivity contribution in [3.05, 3.63) is 28.8 Å². The third-order valence-corrected chi connectivity index (χ3v) is 2.53. The number of nitrogens with one attached hydrogen (secondary N) is 2. The quantitative estimate of drug-likeness (QED) is 0.658. The molecule has 7 nitrogen and oxygen atoms in total. The van der Waals surface area contributed by atoms with Crippen molar-refractivity contribution in [2.45, 2.75) is 12.5 Å². The lowest BCUT2D eigenvalue weighted by Gasteiger charge is -2.14. The minimum Gasteiger partial charge on any atom is -0.481 e. The number of carbonyl (C=O) groups excluding carboxylic acids is 1. The summed E-state index contributed by atoms with van der Waals surface area (Å²) in [7, 11) is 0. The third-order valence-electron chi connectivity index (χ3n) is 2.23. The summed E-state index contributed by atoms with van der Waals surface area (Å²) in [6.45, 7) is 0. The van der Waals surface area contributed by atoms with E-state index >= 15 is 0 Å². The van der Waals surface area contributed by atoms with E-state index < -0.39 is 52.8 Å². The van der Waals surface area contributed by atoms with E-state index in [1.165, 1.54) is 0 Å². The molecule has 1 unspecified atom stereocenters. The van der Waals surface area contributed by atoms with Gasteiger partial charge in [0, 0.05) is 6.07 Å². The summed E-state index contributed by atoms with van der Waals surface area (Å²) >= 11 is 5.53. The molecule has 0 aromatic heterocycles. The normalized spacial score (nSPS) is 11.6. The molecule has 2 amide bonds. The molecule has 1 aromatic rings. The SMILES string of the molecule is O=C(O)CC(NC(=O)Nc1c(F)cc(F)cc1Cl)C(=O)O. The molecular formula is C11H9ClF2N2O5. The monoisotopic (exact) mass is 322 g/mol. The number of anilines is 1. The van der Waals surface area contributed by atoms with Crippen LogP contribution in [0.3, 0.4) is 0 Å². The molecule has 0 aliphatic heterocycles. The molecule has 0 saturated carbocycles. The van der Waals surface area contributed by atoms with E-state index in [-0.39, 0.29) is 0 Å². The van der Waals surface area contributed by atoms with Crippen molar-refractivity contribution < 1.29 is 33.4 Å². The Hall–Kier alpha value is -2.42. The number of amides is 2. The van der Waals surface area contributed by atoms with Crippen LogP contribution in [0.1, 0.15) is 6.42 Å². The Labute approximate surface area is 121 Å². The molecule has 21 heavy (non-hydrogen) atoms.